The number of carbonyl (C=O) groups is 1. The van der Waals surface area contributed by atoms with Crippen LogP contribution in [-0.4, -0.2) is 12.5 Å². The molecule has 2 aromatic rings. The summed E-state index contributed by atoms with van der Waals surface area (Å²) in [7, 11) is 0. The maximum atomic E-state index is 12.7. The molecule has 1 N–H and O–H groups in total. The van der Waals surface area contributed by atoms with E-state index in [9.17, 15) is 4.79 Å². The van der Waals surface area contributed by atoms with E-state index >= 15 is 0 Å². The second kappa shape index (κ2) is 7.23. The van der Waals surface area contributed by atoms with Crippen LogP contribution in [-0.2, 0) is 6.61 Å². The maximum Gasteiger partial charge on any atom is 0.287 e. The van der Waals surface area contributed by atoms with Gasteiger partial charge < -0.3 is 14.5 Å². The Balaban J connectivity index is 1.18. The third kappa shape index (κ3) is 3.70. The molecule has 0 aliphatic heterocycles. The largest absolute Gasteiger partial charge is 0.485 e. The summed E-state index contributed by atoms with van der Waals surface area (Å²) < 4.78 is 11.7. The predicted molar refractivity (Wildman–Crippen MR) is 112 cm³/mol. The fraction of sp³-hybridized carbons (Fsp3) is 0.560. The third-order valence-corrected chi connectivity index (χ3v) is 7.44. The number of ether oxygens (including phenoxy) is 1. The molecular formula is C25H31NO3. The number of para-hydroxylation sites is 1. The molecule has 4 nitrogen and oxygen atoms in total. The monoisotopic (exact) mass is 393 g/mol. The van der Waals surface area contributed by atoms with Gasteiger partial charge in [-0.3, -0.25) is 4.79 Å². The number of amides is 1. The zero-order chi connectivity index (χ0) is 20.0. The van der Waals surface area contributed by atoms with Crippen molar-refractivity contribution < 1.29 is 13.9 Å². The number of hydrogen-bond acceptors (Lipinski definition) is 3. The smallest absolute Gasteiger partial charge is 0.287 e. The minimum Gasteiger partial charge on any atom is -0.485 e. The van der Waals surface area contributed by atoms with Gasteiger partial charge >= 0.3 is 0 Å². The van der Waals surface area contributed by atoms with Crippen molar-refractivity contribution in [3.63, 3.8) is 0 Å². The first-order valence-electron chi connectivity index (χ1n) is 11.1. The van der Waals surface area contributed by atoms with Crippen molar-refractivity contribution in [2.24, 2.45) is 23.2 Å². The van der Waals surface area contributed by atoms with Crippen LogP contribution in [0.2, 0.25) is 0 Å². The maximum absolute atomic E-state index is 12.7. The summed E-state index contributed by atoms with van der Waals surface area (Å²) in [5.74, 6) is 4.54. The molecule has 4 saturated carbocycles. The molecule has 4 aliphatic carbocycles. The summed E-state index contributed by atoms with van der Waals surface area (Å²) in [5, 5.41) is 3.19. The van der Waals surface area contributed by atoms with Crippen molar-refractivity contribution in [1.29, 1.82) is 0 Å². The van der Waals surface area contributed by atoms with E-state index in [0.717, 1.165) is 41.2 Å². The lowest BCUT2D eigenvalue weighted by molar-refractivity contribution is -0.0504. The topological polar surface area (TPSA) is 51.5 Å². The summed E-state index contributed by atoms with van der Waals surface area (Å²) in [6, 6.07) is 9.70. The quantitative estimate of drug-likeness (QED) is 0.713. The molecule has 0 radical (unpaired) electrons. The molecule has 4 bridgehead atoms. The van der Waals surface area contributed by atoms with Crippen molar-refractivity contribution in [3.05, 3.63) is 53.0 Å². The summed E-state index contributed by atoms with van der Waals surface area (Å²) in [5.41, 5.74) is 2.54. The van der Waals surface area contributed by atoms with Crippen LogP contribution in [0.15, 0.2) is 34.7 Å². The molecule has 29 heavy (non-hydrogen) atoms. The molecule has 0 unspecified atom stereocenters. The van der Waals surface area contributed by atoms with Gasteiger partial charge in [-0.15, -0.1) is 0 Å². The molecule has 4 fully saturated rings. The highest BCUT2D eigenvalue weighted by molar-refractivity contribution is 5.91. The highest BCUT2D eigenvalue weighted by atomic mass is 16.5. The van der Waals surface area contributed by atoms with E-state index < -0.39 is 0 Å². The average molecular weight is 394 g/mol. The van der Waals surface area contributed by atoms with Crippen molar-refractivity contribution in [2.45, 2.75) is 59.0 Å². The second-order valence-electron chi connectivity index (χ2n) is 9.88. The van der Waals surface area contributed by atoms with Crippen LogP contribution in [0.1, 0.15) is 66.0 Å². The number of carbonyl (C=O) groups excluding carboxylic acids is 1. The number of hydrogen-bond donors (Lipinski definition) is 1. The molecule has 4 aliphatic rings. The fourth-order valence-corrected chi connectivity index (χ4v) is 6.61. The molecule has 0 atom stereocenters. The van der Waals surface area contributed by atoms with Crippen LogP contribution >= 0.6 is 0 Å². The van der Waals surface area contributed by atoms with Crippen LogP contribution in [0.5, 0.6) is 5.75 Å². The van der Waals surface area contributed by atoms with E-state index in [0.29, 0.717) is 23.5 Å². The van der Waals surface area contributed by atoms with Gasteiger partial charge in [0, 0.05) is 6.54 Å². The van der Waals surface area contributed by atoms with Gasteiger partial charge in [0.15, 0.2) is 5.76 Å². The number of benzene rings is 1. The Labute approximate surface area is 173 Å². The van der Waals surface area contributed by atoms with Crippen LogP contribution < -0.4 is 10.1 Å². The van der Waals surface area contributed by atoms with Crippen LogP contribution in [0.4, 0.5) is 0 Å². The molecule has 1 heterocycles. The number of rotatable bonds is 6. The van der Waals surface area contributed by atoms with E-state index in [1.165, 1.54) is 38.5 Å². The first-order valence-corrected chi connectivity index (χ1v) is 11.1. The Morgan fingerprint density at radius 2 is 1.66 bits per heavy atom. The normalized spacial score (nSPS) is 29.8. The van der Waals surface area contributed by atoms with Gasteiger partial charge in [-0.2, -0.15) is 0 Å². The molecule has 1 aromatic carbocycles. The predicted octanol–water partition coefficient (Wildman–Crippen LogP) is 5.42. The lowest BCUT2D eigenvalue weighted by Gasteiger charge is -2.56. The first-order chi connectivity index (χ1) is 14.0. The van der Waals surface area contributed by atoms with E-state index in [2.05, 4.69) is 5.32 Å². The van der Waals surface area contributed by atoms with E-state index in [1.54, 1.807) is 6.07 Å². The van der Waals surface area contributed by atoms with Crippen molar-refractivity contribution in [2.75, 3.05) is 6.54 Å². The van der Waals surface area contributed by atoms with E-state index in [4.69, 9.17) is 9.15 Å². The first kappa shape index (κ1) is 18.8. The molecular weight excluding hydrogens is 362 g/mol. The average Bonchev–Trinajstić information content (AvgIpc) is 3.14. The summed E-state index contributed by atoms with van der Waals surface area (Å²) in [4.78, 5) is 12.7. The Kier molecular flexibility index (Phi) is 4.68. The standard InChI is InChI=1S/C25H31NO3/c1-16-4-3-5-17(2)23(16)28-14-21-6-7-22(29-21)24(27)26-15-25-11-18-8-19(12-25)10-20(9-18)13-25/h3-7,18-20H,8-15H2,1-2H3,(H,26,27). The second-order valence-corrected chi connectivity index (χ2v) is 9.88. The van der Waals surface area contributed by atoms with Gasteiger partial charge in [-0.25, -0.2) is 0 Å². The molecule has 0 spiro atoms. The van der Waals surface area contributed by atoms with E-state index in [1.807, 2.05) is 38.1 Å². The van der Waals surface area contributed by atoms with Crippen LogP contribution in [0, 0.1) is 37.0 Å². The highest BCUT2D eigenvalue weighted by Gasteiger charge is 2.50. The lowest BCUT2D eigenvalue weighted by atomic mass is 9.49. The van der Waals surface area contributed by atoms with E-state index in [-0.39, 0.29) is 5.91 Å². The Hall–Kier alpha value is -2.23. The summed E-state index contributed by atoms with van der Waals surface area (Å²) in [6.07, 6.45) is 8.17. The van der Waals surface area contributed by atoms with Crippen molar-refractivity contribution in [1.82, 2.24) is 5.32 Å². The third-order valence-electron chi connectivity index (χ3n) is 7.44. The number of aryl methyl sites for hydroxylation is 2. The van der Waals surface area contributed by atoms with Crippen molar-refractivity contribution >= 4 is 5.91 Å². The molecule has 4 heteroatoms. The minimum atomic E-state index is -0.0981. The van der Waals surface area contributed by atoms with Gasteiger partial charge in [-0.1, -0.05) is 18.2 Å². The zero-order valence-electron chi connectivity index (χ0n) is 17.5. The van der Waals surface area contributed by atoms with Gasteiger partial charge in [0.1, 0.15) is 18.1 Å². The molecule has 1 aromatic heterocycles. The Morgan fingerprint density at radius 3 is 2.28 bits per heavy atom. The van der Waals surface area contributed by atoms with Crippen molar-refractivity contribution in [3.8, 4) is 5.75 Å². The summed E-state index contributed by atoms with van der Waals surface area (Å²) >= 11 is 0. The number of furan rings is 1. The molecule has 0 saturated heterocycles. The Morgan fingerprint density at radius 1 is 1.03 bits per heavy atom. The molecule has 1 amide bonds. The van der Waals surface area contributed by atoms with Gasteiger partial charge in [-0.05, 0) is 98.8 Å². The lowest BCUT2D eigenvalue weighted by Crippen LogP contribution is -2.51. The van der Waals surface area contributed by atoms with Crippen LogP contribution in [0.3, 0.4) is 0 Å². The highest BCUT2D eigenvalue weighted by Crippen LogP contribution is 2.59. The zero-order valence-corrected chi connectivity index (χ0v) is 17.5. The Bertz CT molecular complexity index is 857. The fourth-order valence-electron chi connectivity index (χ4n) is 6.61. The molecule has 6 rings (SSSR count). The van der Waals surface area contributed by atoms with Gasteiger partial charge in [0.2, 0.25) is 0 Å². The minimum absolute atomic E-state index is 0.0981. The van der Waals surface area contributed by atoms with Gasteiger partial charge in [0.25, 0.3) is 5.91 Å². The SMILES string of the molecule is Cc1cccc(C)c1OCc1ccc(C(=O)NCC23CC4CC(CC(C4)C2)C3)o1. The van der Waals surface area contributed by atoms with Crippen LogP contribution in [0.25, 0.3) is 0 Å². The molecule has 154 valence electrons. The summed E-state index contributed by atoms with van der Waals surface area (Å²) in [6.45, 7) is 5.19. The van der Waals surface area contributed by atoms with Gasteiger partial charge in [0.05, 0.1) is 0 Å². The number of nitrogens with one attached hydrogen (secondary N) is 1.